The minimum Gasteiger partial charge on any atom is -0.353 e. The first-order valence-electron chi connectivity index (χ1n) is 9.48. The zero-order chi connectivity index (χ0) is 23.8. The van der Waals surface area contributed by atoms with Gasteiger partial charge in [0.1, 0.15) is 5.71 Å². The second-order valence-corrected chi connectivity index (χ2v) is 9.26. The van der Waals surface area contributed by atoms with Crippen molar-refractivity contribution in [1.82, 2.24) is 4.90 Å². The fraction of sp³-hybridized carbons (Fsp3) is 0.174. The number of hydrogen-bond acceptors (Lipinski definition) is 5. The van der Waals surface area contributed by atoms with Gasteiger partial charge in [-0.2, -0.15) is 0 Å². The molecule has 168 valence electrons. The number of anilines is 1. The van der Waals surface area contributed by atoms with Crippen LogP contribution in [0.2, 0.25) is 14.4 Å². The topological polar surface area (TPSA) is 73.3 Å². The molecular weight excluding hydrogens is 489 g/mol. The van der Waals surface area contributed by atoms with Gasteiger partial charge in [0.15, 0.2) is 5.78 Å². The lowest BCUT2D eigenvalue weighted by Crippen LogP contribution is -2.34. The van der Waals surface area contributed by atoms with Gasteiger partial charge in [-0.15, -0.1) is 24.5 Å². The van der Waals surface area contributed by atoms with Crippen LogP contribution in [-0.2, 0) is 9.59 Å². The normalized spacial score (nSPS) is 11.4. The molecule has 0 aliphatic rings. The third-order valence-corrected chi connectivity index (χ3v) is 6.20. The van der Waals surface area contributed by atoms with E-state index < -0.39 is 18.1 Å². The summed E-state index contributed by atoms with van der Waals surface area (Å²) in [5.74, 6) is -1.00. The number of nitrogens with one attached hydrogen (secondary N) is 2. The molecule has 1 heterocycles. The highest BCUT2D eigenvalue weighted by Gasteiger charge is 2.22. The van der Waals surface area contributed by atoms with Crippen LogP contribution in [0.1, 0.15) is 18.2 Å². The van der Waals surface area contributed by atoms with Crippen LogP contribution >= 0.6 is 46.1 Å². The Kier molecular flexibility index (Phi) is 9.72. The van der Waals surface area contributed by atoms with Crippen molar-refractivity contribution in [2.45, 2.75) is 13.3 Å². The molecule has 1 aromatic heterocycles. The number of halogens is 3. The summed E-state index contributed by atoms with van der Waals surface area (Å²) < 4.78 is 0.548. The van der Waals surface area contributed by atoms with Crippen LogP contribution in [0.15, 0.2) is 61.2 Å². The van der Waals surface area contributed by atoms with E-state index in [1.807, 2.05) is 0 Å². The Labute approximate surface area is 206 Å². The number of nitrogens with zero attached hydrogens (tertiary/aromatic N) is 1. The maximum Gasteiger partial charge on any atom is 0.231 e. The fourth-order valence-corrected chi connectivity index (χ4v) is 4.33. The summed E-state index contributed by atoms with van der Waals surface area (Å²) in [6, 6.07) is 8.46. The van der Waals surface area contributed by atoms with Gasteiger partial charge in [0.25, 0.3) is 0 Å². The predicted octanol–water partition coefficient (Wildman–Crippen LogP) is 6.73. The summed E-state index contributed by atoms with van der Waals surface area (Å²) in [5.41, 5.74) is 1.11. The van der Waals surface area contributed by atoms with Crippen molar-refractivity contribution in [3.63, 3.8) is 0 Å². The molecule has 0 bridgehead atoms. The monoisotopic (exact) mass is 509 g/mol. The second kappa shape index (κ2) is 12.0. The van der Waals surface area contributed by atoms with E-state index in [9.17, 15) is 9.59 Å². The van der Waals surface area contributed by atoms with Crippen molar-refractivity contribution in [1.29, 1.82) is 5.41 Å². The Bertz CT molecular complexity index is 1080. The Morgan fingerprint density at radius 2 is 1.78 bits per heavy atom. The molecule has 0 saturated carbocycles. The number of amides is 1. The van der Waals surface area contributed by atoms with Crippen LogP contribution in [0.3, 0.4) is 0 Å². The lowest BCUT2D eigenvalue weighted by Gasteiger charge is -2.19. The van der Waals surface area contributed by atoms with E-state index in [0.717, 1.165) is 0 Å². The average Bonchev–Trinajstić information content (AvgIpc) is 3.17. The molecule has 0 aliphatic carbocycles. The molecule has 2 rings (SSSR count). The molecule has 0 saturated heterocycles. The molecule has 9 heteroatoms. The van der Waals surface area contributed by atoms with Gasteiger partial charge in [0, 0.05) is 23.7 Å². The van der Waals surface area contributed by atoms with Crippen molar-refractivity contribution < 1.29 is 9.59 Å². The molecule has 0 fully saturated rings. The lowest BCUT2D eigenvalue weighted by atomic mass is 10.0. The summed E-state index contributed by atoms with van der Waals surface area (Å²) in [6.07, 6.45) is 2.71. The van der Waals surface area contributed by atoms with Gasteiger partial charge in [-0.05, 0) is 37.3 Å². The number of Topliss-reactive ketones (excluding diaryl/α,β-unsaturated/α-hetero) is 1. The molecule has 0 aliphatic heterocycles. The van der Waals surface area contributed by atoms with Crippen molar-refractivity contribution in [3.05, 3.63) is 80.5 Å². The average molecular weight is 511 g/mol. The Morgan fingerprint density at radius 3 is 2.31 bits per heavy atom. The number of allylic oxidation sites excluding steroid dienone is 1. The number of rotatable bonds is 11. The summed E-state index contributed by atoms with van der Waals surface area (Å²) >= 11 is 19.7. The number of hydrogen-bond donors (Lipinski definition) is 2. The lowest BCUT2D eigenvalue weighted by molar-refractivity contribution is -0.132. The molecule has 2 N–H and O–H groups in total. The highest BCUT2D eigenvalue weighted by atomic mass is 35.5. The van der Waals surface area contributed by atoms with E-state index in [4.69, 9.17) is 40.2 Å². The third kappa shape index (κ3) is 6.81. The zero-order valence-corrected chi connectivity index (χ0v) is 20.5. The molecule has 5 nitrogen and oxygen atoms in total. The Hall–Kier alpha value is -2.38. The first kappa shape index (κ1) is 25.9. The van der Waals surface area contributed by atoms with Gasteiger partial charge in [-0.3, -0.25) is 15.0 Å². The van der Waals surface area contributed by atoms with Crippen LogP contribution in [0.25, 0.3) is 5.70 Å². The summed E-state index contributed by atoms with van der Waals surface area (Å²) in [4.78, 5) is 27.4. The standard InChI is InChI=1S/C23H22Cl3N3O2S/c1-4-10-29(11-5-2)21(31)13-18(30)22(27)14(3)23(19-8-9-20(26)32-19)28-17-7-6-15(24)12-16(17)25/h4-9,12,27-28H,1-2,10-11,13H2,3H3/b23-14-,27-22?. The van der Waals surface area contributed by atoms with Crippen LogP contribution in [0.4, 0.5) is 5.69 Å². The molecule has 0 atom stereocenters. The highest BCUT2D eigenvalue weighted by molar-refractivity contribution is 7.17. The second-order valence-electron chi connectivity index (χ2n) is 6.70. The molecular formula is C23H22Cl3N3O2S. The Morgan fingerprint density at radius 1 is 1.12 bits per heavy atom. The van der Waals surface area contributed by atoms with Crippen molar-refractivity contribution >= 4 is 74.9 Å². The molecule has 2 aromatic rings. The number of carbonyl (C=O) groups excluding carboxylic acids is 2. The predicted molar refractivity (Wildman–Crippen MR) is 136 cm³/mol. The van der Waals surface area contributed by atoms with Crippen LogP contribution in [0.5, 0.6) is 0 Å². The van der Waals surface area contributed by atoms with Gasteiger partial charge in [-0.25, -0.2) is 0 Å². The number of thiophene rings is 1. The van der Waals surface area contributed by atoms with Crippen molar-refractivity contribution in [2.24, 2.45) is 0 Å². The first-order valence-corrected chi connectivity index (χ1v) is 11.4. The molecule has 0 unspecified atom stereocenters. The third-order valence-electron chi connectivity index (χ3n) is 4.40. The van der Waals surface area contributed by atoms with E-state index in [1.54, 1.807) is 49.4 Å². The summed E-state index contributed by atoms with van der Waals surface area (Å²) in [5, 5.41) is 12.5. The van der Waals surface area contributed by atoms with Crippen LogP contribution in [0, 0.1) is 5.41 Å². The highest BCUT2D eigenvalue weighted by Crippen LogP contribution is 2.34. The van der Waals surface area contributed by atoms with Gasteiger partial charge in [-0.1, -0.05) is 47.0 Å². The van der Waals surface area contributed by atoms with Gasteiger partial charge < -0.3 is 10.2 Å². The number of carbonyl (C=O) groups is 2. The minimum atomic E-state index is -0.602. The first-order chi connectivity index (χ1) is 15.2. The van der Waals surface area contributed by atoms with E-state index >= 15 is 0 Å². The minimum absolute atomic E-state index is 0.285. The molecule has 0 spiro atoms. The van der Waals surface area contributed by atoms with Crippen molar-refractivity contribution in [2.75, 3.05) is 18.4 Å². The fourth-order valence-electron chi connectivity index (χ4n) is 2.78. The van der Waals surface area contributed by atoms with Gasteiger partial charge in [0.05, 0.1) is 32.0 Å². The van der Waals surface area contributed by atoms with E-state index in [0.29, 0.717) is 36.2 Å². The summed E-state index contributed by atoms with van der Waals surface area (Å²) in [7, 11) is 0. The zero-order valence-electron chi connectivity index (χ0n) is 17.4. The van der Waals surface area contributed by atoms with Crippen LogP contribution in [-0.4, -0.2) is 35.4 Å². The smallest absolute Gasteiger partial charge is 0.231 e. The van der Waals surface area contributed by atoms with E-state index in [-0.39, 0.29) is 18.8 Å². The SMILES string of the molecule is C=CCN(CC=C)C(=O)CC(=O)C(=N)/C(C)=C(\Nc1ccc(Cl)cc1Cl)c1ccc(Cl)s1. The molecule has 0 radical (unpaired) electrons. The summed E-state index contributed by atoms with van der Waals surface area (Å²) in [6.45, 7) is 9.45. The van der Waals surface area contributed by atoms with Crippen molar-refractivity contribution in [3.8, 4) is 0 Å². The van der Waals surface area contributed by atoms with E-state index in [1.165, 1.54) is 16.2 Å². The van der Waals surface area contributed by atoms with Gasteiger partial charge >= 0.3 is 0 Å². The quantitative estimate of drug-likeness (QED) is 0.200. The van der Waals surface area contributed by atoms with Crippen LogP contribution < -0.4 is 5.32 Å². The molecule has 1 amide bonds. The van der Waals surface area contributed by atoms with E-state index in [2.05, 4.69) is 18.5 Å². The molecule has 1 aromatic carbocycles. The maximum absolute atomic E-state index is 12.8. The molecule has 32 heavy (non-hydrogen) atoms. The number of ketones is 1. The van der Waals surface area contributed by atoms with Gasteiger partial charge in [0.2, 0.25) is 5.91 Å². The largest absolute Gasteiger partial charge is 0.353 e. The Balaban J connectivity index is 2.36. The maximum atomic E-state index is 12.8. The number of benzene rings is 1.